The third-order valence-corrected chi connectivity index (χ3v) is 4.96. The number of carbonyl (C=O) groups excluding carboxylic acids is 3. The number of benzene rings is 1. The topological polar surface area (TPSA) is 75.7 Å². The van der Waals surface area contributed by atoms with Crippen LogP contribution in [0.3, 0.4) is 0 Å². The normalized spacial score (nSPS) is 10.6. The highest BCUT2D eigenvalue weighted by Crippen LogP contribution is 2.34. The molecule has 0 saturated heterocycles. The second-order valence-corrected chi connectivity index (χ2v) is 7.92. The predicted octanol–water partition coefficient (Wildman–Crippen LogP) is 4.23. The monoisotopic (exact) mass is 402 g/mol. The summed E-state index contributed by atoms with van der Waals surface area (Å²) in [7, 11) is 0. The van der Waals surface area contributed by atoms with E-state index in [4.69, 9.17) is 4.74 Å². The smallest absolute Gasteiger partial charge is 0.341 e. The minimum absolute atomic E-state index is 0.146. The van der Waals surface area contributed by atoms with Gasteiger partial charge < -0.3 is 4.74 Å². The third-order valence-electron chi connectivity index (χ3n) is 3.80. The molecule has 150 valence electrons. The number of hydrogen-bond donors (Lipinski definition) is 1. The summed E-state index contributed by atoms with van der Waals surface area (Å²) < 4.78 is 5.19. The molecule has 2 rings (SSSR count). The molecular formula is C21H26N2O4S. The first-order chi connectivity index (χ1) is 13.3. The van der Waals surface area contributed by atoms with Crippen LogP contribution >= 0.6 is 11.3 Å². The van der Waals surface area contributed by atoms with Crippen molar-refractivity contribution >= 4 is 34.2 Å². The molecule has 0 radical (unpaired) electrons. The highest BCUT2D eigenvalue weighted by molar-refractivity contribution is 7.16. The molecule has 7 heteroatoms. The first-order valence-corrected chi connectivity index (χ1v) is 10.1. The number of hydrogen-bond acceptors (Lipinski definition) is 5. The van der Waals surface area contributed by atoms with Gasteiger partial charge in [0.25, 0.3) is 0 Å². The van der Waals surface area contributed by atoms with Gasteiger partial charge in [-0.25, -0.2) is 9.59 Å². The molecule has 0 bridgehead atoms. The summed E-state index contributed by atoms with van der Waals surface area (Å²) >= 11 is 1.37. The molecule has 0 saturated carbocycles. The predicted molar refractivity (Wildman–Crippen MR) is 111 cm³/mol. The van der Waals surface area contributed by atoms with Gasteiger partial charge in [0, 0.05) is 24.8 Å². The molecule has 3 amide bonds. The molecule has 1 aromatic heterocycles. The molecule has 0 spiro atoms. The lowest BCUT2D eigenvalue weighted by Crippen LogP contribution is -2.44. The maximum absolute atomic E-state index is 12.6. The Morgan fingerprint density at radius 2 is 1.86 bits per heavy atom. The molecule has 28 heavy (non-hydrogen) atoms. The van der Waals surface area contributed by atoms with E-state index in [0.717, 1.165) is 10.4 Å². The first-order valence-electron chi connectivity index (χ1n) is 9.24. The van der Waals surface area contributed by atoms with E-state index < -0.39 is 17.9 Å². The fourth-order valence-corrected chi connectivity index (χ4v) is 3.90. The number of urea groups is 1. The highest BCUT2D eigenvalue weighted by Gasteiger charge is 2.27. The summed E-state index contributed by atoms with van der Waals surface area (Å²) in [5.41, 5.74) is 1.45. The van der Waals surface area contributed by atoms with Crippen molar-refractivity contribution in [2.45, 2.75) is 34.1 Å². The lowest BCUT2D eigenvalue weighted by Gasteiger charge is -2.24. The van der Waals surface area contributed by atoms with Gasteiger partial charge in [-0.05, 0) is 24.5 Å². The molecule has 1 aromatic carbocycles. The Kier molecular flexibility index (Phi) is 7.75. The van der Waals surface area contributed by atoms with Gasteiger partial charge in [0.1, 0.15) is 5.00 Å². The van der Waals surface area contributed by atoms with E-state index in [1.165, 1.54) is 23.2 Å². The van der Waals surface area contributed by atoms with Crippen LogP contribution in [0.1, 0.15) is 48.5 Å². The van der Waals surface area contributed by atoms with Crippen molar-refractivity contribution in [2.24, 2.45) is 5.92 Å². The molecule has 0 atom stereocenters. The Hall–Kier alpha value is -2.67. The van der Waals surface area contributed by atoms with E-state index in [0.29, 0.717) is 23.5 Å². The zero-order valence-corrected chi connectivity index (χ0v) is 17.5. The van der Waals surface area contributed by atoms with Gasteiger partial charge in [-0.2, -0.15) is 0 Å². The second-order valence-electron chi connectivity index (χ2n) is 6.81. The number of rotatable bonds is 7. The molecule has 2 aromatic rings. The fourth-order valence-electron chi connectivity index (χ4n) is 2.71. The van der Waals surface area contributed by atoms with Crippen LogP contribution in [0, 0.1) is 5.92 Å². The largest absolute Gasteiger partial charge is 0.462 e. The second kappa shape index (κ2) is 10.0. The van der Waals surface area contributed by atoms with Crippen LogP contribution in [0.25, 0.3) is 0 Å². The Labute approximate surface area is 169 Å². The van der Waals surface area contributed by atoms with Gasteiger partial charge in [0.2, 0.25) is 5.91 Å². The van der Waals surface area contributed by atoms with Crippen LogP contribution in [-0.2, 0) is 16.0 Å². The average Bonchev–Trinajstić information content (AvgIpc) is 3.03. The van der Waals surface area contributed by atoms with Crippen molar-refractivity contribution in [1.82, 2.24) is 5.32 Å². The molecule has 0 aliphatic heterocycles. The van der Waals surface area contributed by atoms with E-state index in [9.17, 15) is 14.4 Å². The number of nitrogens with zero attached hydrogens (tertiary/aromatic N) is 1. The maximum atomic E-state index is 12.6. The lowest BCUT2D eigenvalue weighted by atomic mass is 10.1. The maximum Gasteiger partial charge on any atom is 0.341 e. The SMILES string of the molecule is CCOC(=O)c1cc(Cc2ccccc2)sc1N(CC(C)C)C(=O)NC(C)=O. The van der Waals surface area contributed by atoms with Crippen LogP contribution in [-0.4, -0.2) is 31.1 Å². The summed E-state index contributed by atoms with van der Waals surface area (Å²) in [6.07, 6.45) is 0.641. The number of anilines is 1. The van der Waals surface area contributed by atoms with Gasteiger partial charge in [0.05, 0.1) is 12.2 Å². The van der Waals surface area contributed by atoms with Crippen molar-refractivity contribution in [1.29, 1.82) is 0 Å². The van der Waals surface area contributed by atoms with Crippen LogP contribution in [0.5, 0.6) is 0 Å². The van der Waals surface area contributed by atoms with E-state index in [1.807, 2.05) is 44.2 Å². The minimum atomic E-state index is -0.542. The van der Waals surface area contributed by atoms with Crippen molar-refractivity contribution in [3.8, 4) is 0 Å². The molecule has 6 nitrogen and oxygen atoms in total. The molecule has 0 fully saturated rings. The highest BCUT2D eigenvalue weighted by atomic mass is 32.1. The Bertz CT molecular complexity index is 830. The summed E-state index contributed by atoms with van der Waals surface area (Å²) in [5, 5.41) is 2.80. The summed E-state index contributed by atoms with van der Waals surface area (Å²) in [6, 6.07) is 11.1. The van der Waals surface area contributed by atoms with E-state index in [2.05, 4.69) is 5.32 Å². The lowest BCUT2D eigenvalue weighted by molar-refractivity contribution is -0.117. The Morgan fingerprint density at radius 3 is 2.43 bits per heavy atom. The van der Waals surface area contributed by atoms with Crippen molar-refractivity contribution < 1.29 is 19.1 Å². The third kappa shape index (κ3) is 5.92. The number of imide groups is 1. The Morgan fingerprint density at radius 1 is 1.18 bits per heavy atom. The summed E-state index contributed by atoms with van der Waals surface area (Å²) in [5.74, 6) is -0.776. The number of ether oxygens (including phenoxy) is 1. The molecule has 1 N–H and O–H groups in total. The van der Waals surface area contributed by atoms with E-state index >= 15 is 0 Å². The number of amides is 3. The summed E-state index contributed by atoms with van der Waals surface area (Å²) in [4.78, 5) is 39.0. The van der Waals surface area contributed by atoms with Gasteiger partial charge in [-0.1, -0.05) is 44.2 Å². The average molecular weight is 403 g/mol. The van der Waals surface area contributed by atoms with Crippen molar-refractivity contribution in [3.63, 3.8) is 0 Å². The van der Waals surface area contributed by atoms with Crippen LogP contribution in [0.4, 0.5) is 9.80 Å². The van der Waals surface area contributed by atoms with Gasteiger partial charge >= 0.3 is 12.0 Å². The minimum Gasteiger partial charge on any atom is -0.462 e. The number of nitrogens with one attached hydrogen (secondary N) is 1. The standard InChI is InChI=1S/C21H26N2O4S/c1-5-27-20(25)18-12-17(11-16-9-7-6-8-10-16)28-19(18)23(13-14(2)3)21(26)22-15(4)24/h6-10,12,14H,5,11,13H2,1-4H3,(H,22,24,26). The van der Waals surface area contributed by atoms with Gasteiger partial charge in [-0.15, -0.1) is 11.3 Å². The van der Waals surface area contributed by atoms with E-state index in [-0.39, 0.29) is 12.5 Å². The van der Waals surface area contributed by atoms with Crippen LogP contribution in [0.2, 0.25) is 0 Å². The quantitative estimate of drug-likeness (QED) is 0.703. The van der Waals surface area contributed by atoms with Crippen LogP contribution < -0.4 is 10.2 Å². The van der Waals surface area contributed by atoms with Crippen LogP contribution in [0.15, 0.2) is 36.4 Å². The zero-order valence-electron chi connectivity index (χ0n) is 16.7. The molecule has 0 aliphatic carbocycles. The number of carbonyl (C=O) groups is 3. The summed E-state index contributed by atoms with van der Waals surface area (Å²) in [6.45, 7) is 7.58. The number of thiophene rings is 1. The van der Waals surface area contributed by atoms with E-state index in [1.54, 1.807) is 13.0 Å². The van der Waals surface area contributed by atoms with Crippen molar-refractivity contribution in [2.75, 3.05) is 18.1 Å². The van der Waals surface area contributed by atoms with Gasteiger partial charge in [0.15, 0.2) is 0 Å². The molecule has 0 unspecified atom stereocenters. The van der Waals surface area contributed by atoms with Crippen molar-refractivity contribution in [3.05, 3.63) is 52.4 Å². The molecule has 0 aliphatic rings. The first kappa shape index (κ1) is 21.6. The molecule has 1 heterocycles. The zero-order chi connectivity index (χ0) is 20.7. The number of esters is 1. The molecular weight excluding hydrogens is 376 g/mol. The van der Waals surface area contributed by atoms with Gasteiger partial charge in [-0.3, -0.25) is 15.0 Å². The fraction of sp³-hybridized carbons (Fsp3) is 0.381. The Balaban J connectivity index is 2.45.